The predicted molar refractivity (Wildman–Crippen MR) is 70.6 cm³/mol. The maximum atomic E-state index is 5.63. The quantitative estimate of drug-likeness (QED) is 0.596. The zero-order chi connectivity index (χ0) is 11.9. The molecule has 0 radical (unpaired) electrons. The fourth-order valence-corrected chi connectivity index (χ4v) is 2.28. The highest BCUT2D eigenvalue weighted by Gasteiger charge is 2.14. The molecule has 0 bridgehead atoms. The number of hydrogen-bond acceptors (Lipinski definition) is 3. The Kier molecular flexibility index (Phi) is 5.26. The number of rotatable bonds is 6. The van der Waals surface area contributed by atoms with Gasteiger partial charge in [-0.2, -0.15) is 0 Å². The van der Waals surface area contributed by atoms with E-state index in [2.05, 4.69) is 20.9 Å². The van der Waals surface area contributed by atoms with E-state index in [9.17, 15) is 0 Å². The first-order valence-corrected chi connectivity index (χ1v) is 7.26. The zero-order valence-corrected chi connectivity index (χ0v) is 11.5. The molecule has 17 heavy (non-hydrogen) atoms. The summed E-state index contributed by atoms with van der Waals surface area (Å²) in [5.41, 5.74) is 1.02. The van der Waals surface area contributed by atoms with E-state index < -0.39 is 0 Å². The highest BCUT2D eigenvalue weighted by atomic mass is 79.9. The van der Waals surface area contributed by atoms with Gasteiger partial charge in [-0.25, -0.2) is 0 Å². The average Bonchev–Trinajstić information content (AvgIpc) is 2.88. The summed E-state index contributed by atoms with van der Waals surface area (Å²) in [4.78, 5) is 4.26. The molecule has 0 amide bonds. The minimum absolute atomic E-state index is 0.465. The third-order valence-electron chi connectivity index (χ3n) is 2.90. The molecule has 2 heterocycles. The monoisotopic (exact) mass is 299 g/mol. The van der Waals surface area contributed by atoms with Gasteiger partial charge in [-0.05, 0) is 37.8 Å². The second-order valence-corrected chi connectivity index (χ2v) is 4.81. The Balaban J connectivity index is 1.63. The van der Waals surface area contributed by atoms with E-state index >= 15 is 0 Å². The molecule has 1 aromatic rings. The van der Waals surface area contributed by atoms with Crippen molar-refractivity contribution in [3.63, 3.8) is 0 Å². The van der Waals surface area contributed by atoms with Gasteiger partial charge in [0, 0.05) is 11.9 Å². The molecule has 1 aromatic heterocycles. The second kappa shape index (κ2) is 6.97. The fraction of sp³-hybridized carbons (Fsp3) is 0.615. The lowest BCUT2D eigenvalue weighted by atomic mass is 10.1. The molecule has 1 fully saturated rings. The number of pyridine rings is 1. The summed E-state index contributed by atoms with van der Waals surface area (Å²) < 4.78 is 11.2. The van der Waals surface area contributed by atoms with Gasteiger partial charge >= 0.3 is 0 Å². The van der Waals surface area contributed by atoms with Crippen molar-refractivity contribution >= 4 is 15.9 Å². The van der Waals surface area contributed by atoms with Gasteiger partial charge in [-0.15, -0.1) is 0 Å². The number of alkyl halides is 1. The highest BCUT2D eigenvalue weighted by Crippen LogP contribution is 2.17. The summed E-state index contributed by atoms with van der Waals surface area (Å²) in [5, 5.41) is 0.784. The Morgan fingerprint density at radius 3 is 3.06 bits per heavy atom. The molecular formula is C13H18BrNO2. The summed E-state index contributed by atoms with van der Waals surface area (Å²) in [7, 11) is 0. The lowest BCUT2D eigenvalue weighted by Gasteiger charge is -2.09. The fourth-order valence-electron chi connectivity index (χ4n) is 1.95. The van der Waals surface area contributed by atoms with E-state index in [0.29, 0.717) is 6.10 Å². The van der Waals surface area contributed by atoms with Gasteiger partial charge in [0.1, 0.15) is 5.75 Å². The van der Waals surface area contributed by atoms with Crippen LogP contribution in [-0.2, 0) is 10.1 Å². The van der Waals surface area contributed by atoms with Gasteiger partial charge in [-0.3, -0.25) is 4.98 Å². The predicted octanol–water partition coefficient (Wildman–Crippen LogP) is 3.31. The third-order valence-corrected chi connectivity index (χ3v) is 3.47. The average molecular weight is 300 g/mol. The Hall–Kier alpha value is -0.610. The summed E-state index contributed by atoms with van der Waals surface area (Å²) in [5.74, 6) is 0.849. The molecule has 0 saturated carbocycles. The molecule has 4 heteroatoms. The van der Waals surface area contributed by atoms with Crippen LogP contribution in [0.3, 0.4) is 0 Å². The van der Waals surface area contributed by atoms with Crippen LogP contribution in [0.2, 0.25) is 0 Å². The SMILES string of the molecule is BrCc1ccc(OCCCC2CCCO2)cn1. The first kappa shape index (κ1) is 12.8. The highest BCUT2D eigenvalue weighted by molar-refractivity contribution is 9.08. The van der Waals surface area contributed by atoms with Gasteiger partial charge < -0.3 is 9.47 Å². The Labute approximate surface area is 111 Å². The number of halogens is 1. The van der Waals surface area contributed by atoms with Crippen molar-refractivity contribution < 1.29 is 9.47 Å². The van der Waals surface area contributed by atoms with Crippen molar-refractivity contribution in [3.8, 4) is 5.75 Å². The van der Waals surface area contributed by atoms with Gasteiger partial charge in [0.05, 0.1) is 24.6 Å². The smallest absolute Gasteiger partial charge is 0.137 e. The van der Waals surface area contributed by atoms with Gasteiger partial charge in [0.2, 0.25) is 0 Å². The molecule has 2 rings (SSSR count). The molecular weight excluding hydrogens is 282 g/mol. The van der Waals surface area contributed by atoms with Gasteiger partial charge in [-0.1, -0.05) is 15.9 Å². The molecule has 0 aromatic carbocycles. The molecule has 0 N–H and O–H groups in total. The molecule has 94 valence electrons. The van der Waals surface area contributed by atoms with Gasteiger partial charge in [0.15, 0.2) is 0 Å². The maximum Gasteiger partial charge on any atom is 0.137 e. The third kappa shape index (κ3) is 4.28. The van der Waals surface area contributed by atoms with E-state index in [-0.39, 0.29) is 0 Å². The van der Waals surface area contributed by atoms with E-state index in [0.717, 1.165) is 42.8 Å². The van der Waals surface area contributed by atoms with Crippen molar-refractivity contribution in [2.24, 2.45) is 0 Å². The van der Waals surface area contributed by atoms with Crippen LogP contribution in [0, 0.1) is 0 Å². The van der Waals surface area contributed by atoms with Crippen LogP contribution in [0.1, 0.15) is 31.4 Å². The van der Waals surface area contributed by atoms with E-state index in [1.165, 1.54) is 12.8 Å². The molecule has 1 aliphatic rings. The van der Waals surface area contributed by atoms with E-state index in [4.69, 9.17) is 9.47 Å². The lowest BCUT2D eigenvalue weighted by molar-refractivity contribution is 0.0981. The summed E-state index contributed by atoms with van der Waals surface area (Å²) in [6, 6.07) is 3.94. The standard InChI is InChI=1S/C13H18BrNO2/c14-9-11-5-6-13(10-15-11)17-8-2-4-12-3-1-7-16-12/h5-6,10,12H,1-4,7-9H2. The number of aromatic nitrogens is 1. The number of hydrogen-bond donors (Lipinski definition) is 0. The summed E-state index contributed by atoms with van der Waals surface area (Å²) in [6.45, 7) is 1.68. The van der Waals surface area contributed by atoms with Crippen LogP contribution in [0.15, 0.2) is 18.3 Å². The number of nitrogens with zero attached hydrogens (tertiary/aromatic N) is 1. The van der Waals surface area contributed by atoms with Crippen LogP contribution < -0.4 is 4.74 Å². The van der Waals surface area contributed by atoms with Crippen LogP contribution >= 0.6 is 15.9 Å². The van der Waals surface area contributed by atoms with Gasteiger partial charge in [0.25, 0.3) is 0 Å². The van der Waals surface area contributed by atoms with E-state index in [1.54, 1.807) is 6.20 Å². The molecule has 0 spiro atoms. The van der Waals surface area contributed by atoms with Crippen molar-refractivity contribution in [3.05, 3.63) is 24.0 Å². The van der Waals surface area contributed by atoms with Crippen LogP contribution in [0.5, 0.6) is 5.75 Å². The molecule has 1 aliphatic heterocycles. The van der Waals surface area contributed by atoms with Crippen molar-refractivity contribution in [2.45, 2.75) is 37.1 Å². The van der Waals surface area contributed by atoms with Crippen molar-refractivity contribution in [1.29, 1.82) is 0 Å². The molecule has 1 saturated heterocycles. The first-order valence-electron chi connectivity index (χ1n) is 6.14. The zero-order valence-electron chi connectivity index (χ0n) is 9.90. The van der Waals surface area contributed by atoms with Crippen LogP contribution in [0.25, 0.3) is 0 Å². The second-order valence-electron chi connectivity index (χ2n) is 4.24. The molecule has 0 aliphatic carbocycles. The minimum Gasteiger partial charge on any atom is -0.492 e. The van der Waals surface area contributed by atoms with Crippen molar-refractivity contribution in [2.75, 3.05) is 13.2 Å². The van der Waals surface area contributed by atoms with E-state index in [1.807, 2.05) is 12.1 Å². The topological polar surface area (TPSA) is 31.4 Å². The minimum atomic E-state index is 0.465. The summed E-state index contributed by atoms with van der Waals surface area (Å²) in [6.07, 6.45) is 6.82. The molecule has 3 nitrogen and oxygen atoms in total. The van der Waals surface area contributed by atoms with Crippen molar-refractivity contribution in [1.82, 2.24) is 4.98 Å². The Morgan fingerprint density at radius 2 is 2.41 bits per heavy atom. The Bertz CT molecular complexity index is 323. The largest absolute Gasteiger partial charge is 0.492 e. The summed E-state index contributed by atoms with van der Waals surface area (Å²) >= 11 is 3.37. The maximum absolute atomic E-state index is 5.63. The molecule has 1 unspecified atom stereocenters. The first-order chi connectivity index (χ1) is 8.38. The van der Waals surface area contributed by atoms with Crippen LogP contribution in [-0.4, -0.2) is 24.3 Å². The normalized spacial score (nSPS) is 19.5. The Morgan fingerprint density at radius 1 is 1.47 bits per heavy atom. The lowest BCUT2D eigenvalue weighted by Crippen LogP contribution is -2.07. The molecule has 1 atom stereocenters. The number of ether oxygens (including phenoxy) is 2. The van der Waals surface area contributed by atoms with Crippen LogP contribution in [0.4, 0.5) is 0 Å².